The van der Waals surface area contributed by atoms with E-state index in [1.54, 1.807) is 12.3 Å². The lowest BCUT2D eigenvalue weighted by atomic mass is 9.76. The van der Waals surface area contributed by atoms with Crippen LogP contribution < -0.4 is 9.62 Å². The Morgan fingerprint density at radius 3 is 2.56 bits per heavy atom. The van der Waals surface area contributed by atoms with Crippen molar-refractivity contribution in [1.29, 1.82) is 5.26 Å². The second-order valence-corrected chi connectivity index (χ2v) is 11.4. The fraction of sp³-hybridized carbons (Fsp3) is 0.524. The van der Waals surface area contributed by atoms with Gasteiger partial charge < -0.3 is 14.2 Å². The normalized spacial score (nSPS) is 21.6. The lowest BCUT2D eigenvalue weighted by molar-refractivity contribution is -0.124. The van der Waals surface area contributed by atoms with Gasteiger partial charge in [0.15, 0.2) is 9.90 Å². The van der Waals surface area contributed by atoms with Crippen LogP contribution in [0, 0.1) is 16.7 Å². The zero-order valence-electron chi connectivity index (χ0n) is 18.0. The van der Waals surface area contributed by atoms with Crippen molar-refractivity contribution in [2.75, 3.05) is 31.2 Å². The quantitative estimate of drug-likeness (QED) is 0.508. The summed E-state index contributed by atoms with van der Waals surface area (Å²) in [6.07, 6.45) is 2.27. The molecule has 1 spiro atoms. The second kappa shape index (κ2) is 8.10. The van der Waals surface area contributed by atoms with Crippen molar-refractivity contribution in [3.8, 4) is 11.2 Å². The number of halogens is 2. The van der Waals surface area contributed by atoms with Crippen molar-refractivity contribution >= 4 is 39.3 Å². The van der Waals surface area contributed by atoms with Crippen LogP contribution in [0.4, 0.5) is 14.5 Å². The lowest BCUT2D eigenvalue weighted by Gasteiger charge is -2.47. The number of ether oxygens (including phenoxy) is 1. The van der Waals surface area contributed by atoms with Crippen molar-refractivity contribution in [2.45, 2.75) is 42.5 Å². The highest BCUT2D eigenvalue weighted by molar-refractivity contribution is 7.89. The van der Waals surface area contributed by atoms with E-state index in [4.69, 9.17) is 4.74 Å². The number of hydrogen-bond donors (Lipinski definition) is 1. The summed E-state index contributed by atoms with van der Waals surface area (Å²) in [5.74, 6) is 0. The summed E-state index contributed by atoms with van der Waals surface area (Å²) < 4.78 is 49.3. The Bertz CT molecular complexity index is 1270. The van der Waals surface area contributed by atoms with Crippen molar-refractivity contribution in [3.63, 3.8) is 0 Å². The smallest absolute Gasteiger partial charge is 0.291 e. The largest absolute Gasteiger partial charge is 0.593 e. The number of piperidine rings is 1. The minimum atomic E-state index is -2.72. The summed E-state index contributed by atoms with van der Waals surface area (Å²) in [6, 6.07) is 5.80. The Balaban J connectivity index is 1.40. The molecule has 1 saturated carbocycles. The van der Waals surface area contributed by atoms with E-state index in [0.29, 0.717) is 23.3 Å². The van der Waals surface area contributed by atoms with Gasteiger partial charge >= 0.3 is 0 Å². The number of alkyl halides is 2. The van der Waals surface area contributed by atoms with Crippen LogP contribution in [0.25, 0.3) is 16.0 Å². The molecule has 1 unspecified atom stereocenters. The Hall–Kier alpha value is -2.37. The summed E-state index contributed by atoms with van der Waals surface area (Å²) in [5, 5.41) is 21.9. The molecule has 1 N–H and O–H groups in total. The zero-order chi connectivity index (χ0) is 23.5. The summed E-state index contributed by atoms with van der Waals surface area (Å²) in [6.45, 7) is 3.23. The molecule has 13 heteroatoms. The van der Waals surface area contributed by atoms with Crippen molar-refractivity contribution in [1.82, 2.24) is 24.7 Å². The van der Waals surface area contributed by atoms with Crippen LogP contribution >= 0.6 is 11.3 Å². The van der Waals surface area contributed by atoms with Gasteiger partial charge in [-0.2, -0.15) is 10.4 Å². The molecular formula is C21H21F2N7O2S2. The monoisotopic (exact) mass is 505 g/mol. The molecule has 1 atom stereocenters. The van der Waals surface area contributed by atoms with E-state index < -0.39 is 23.3 Å². The molecule has 2 aromatic heterocycles. The number of hydrogen-bond acceptors (Lipinski definition) is 9. The molecular weight excluding hydrogens is 484 g/mol. The molecule has 9 nitrogen and oxygen atoms in total. The lowest BCUT2D eigenvalue weighted by Crippen LogP contribution is -2.51. The van der Waals surface area contributed by atoms with Crippen molar-refractivity contribution in [3.05, 3.63) is 23.3 Å². The molecule has 3 fully saturated rings. The third kappa shape index (κ3) is 3.74. The molecule has 0 radical (unpaired) electrons. The fourth-order valence-electron chi connectivity index (χ4n) is 4.50. The number of nitriles is 1. The number of fused-ring (bicyclic) bond motifs is 1. The molecule has 178 valence electrons. The summed E-state index contributed by atoms with van der Waals surface area (Å²) in [5.41, 5.74) is 0.983. The average molecular weight is 506 g/mol. The van der Waals surface area contributed by atoms with Crippen LogP contribution in [0.2, 0.25) is 0 Å². The molecule has 3 aliphatic rings. The maximum atomic E-state index is 13.2. The van der Waals surface area contributed by atoms with E-state index in [1.807, 2.05) is 6.07 Å². The molecule has 6 rings (SSSR count). The Labute approximate surface area is 201 Å². The Morgan fingerprint density at radius 1 is 1.21 bits per heavy atom. The zero-order valence-corrected chi connectivity index (χ0v) is 19.7. The van der Waals surface area contributed by atoms with E-state index in [9.17, 15) is 18.6 Å². The van der Waals surface area contributed by atoms with Gasteiger partial charge in [0.25, 0.3) is 6.43 Å². The maximum Gasteiger partial charge on any atom is 0.291 e. The van der Waals surface area contributed by atoms with E-state index in [1.165, 1.54) is 4.68 Å². The summed E-state index contributed by atoms with van der Waals surface area (Å²) in [4.78, 5) is 2.75. The first-order valence-electron chi connectivity index (χ1n) is 11.0. The van der Waals surface area contributed by atoms with Gasteiger partial charge in [-0.05, 0) is 25.7 Å². The molecule has 4 heterocycles. The van der Waals surface area contributed by atoms with Crippen molar-refractivity contribution < 1.29 is 18.1 Å². The van der Waals surface area contributed by atoms with Crippen LogP contribution in [0.15, 0.2) is 23.2 Å². The number of aromatic nitrogens is 4. The fourth-order valence-corrected chi connectivity index (χ4v) is 6.34. The van der Waals surface area contributed by atoms with Gasteiger partial charge in [0, 0.05) is 36.0 Å². The first-order chi connectivity index (χ1) is 16.4. The molecule has 34 heavy (non-hydrogen) atoms. The molecule has 1 aromatic carbocycles. The van der Waals surface area contributed by atoms with Crippen LogP contribution in [0.1, 0.15) is 37.1 Å². The summed E-state index contributed by atoms with van der Waals surface area (Å²) in [7, 11) is 0. The van der Waals surface area contributed by atoms with E-state index in [-0.39, 0.29) is 15.6 Å². The van der Waals surface area contributed by atoms with Gasteiger partial charge in [0.1, 0.15) is 5.54 Å². The predicted molar refractivity (Wildman–Crippen MR) is 121 cm³/mol. The average Bonchev–Trinajstić information content (AvgIpc) is 3.21. The SMILES string of the molecule is N#CC1(N[S+]([O-])c2cc(N3CCC4(CC3)COC4)c3cnn(-c4nnc(C(F)F)s4)c3c2)CC1. The molecule has 2 aliphatic heterocycles. The number of rotatable bonds is 6. The molecule has 2 saturated heterocycles. The first kappa shape index (κ1) is 22.1. The Kier molecular flexibility index (Phi) is 5.27. The first-order valence-corrected chi connectivity index (χ1v) is 12.9. The second-order valence-electron chi connectivity index (χ2n) is 9.20. The van der Waals surface area contributed by atoms with Gasteiger partial charge in [0.05, 0.1) is 48.0 Å². The van der Waals surface area contributed by atoms with E-state index >= 15 is 0 Å². The standard InChI is InChI=1S/C21H21F2N7O2S2/c22-17(23)18-26-27-19(33-18)30-16-8-13(34(31)28-21(10-24)1-2-21)7-15(14(16)9-25-30)29-5-3-20(4-6-29)11-32-12-20/h7-9,17,28H,1-6,11-12H2. The number of anilines is 1. The number of benzene rings is 1. The van der Waals surface area contributed by atoms with Crippen LogP contribution in [0.3, 0.4) is 0 Å². The maximum absolute atomic E-state index is 13.2. The van der Waals surface area contributed by atoms with Gasteiger partial charge in [-0.15, -0.1) is 14.9 Å². The third-order valence-electron chi connectivity index (χ3n) is 6.89. The van der Waals surface area contributed by atoms with Crippen LogP contribution in [-0.2, 0) is 16.1 Å². The van der Waals surface area contributed by atoms with Crippen molar-refractivity contribution in [2.24, 2.45) is 5.41 Å². The Morgan fingerprint density at radius 2 is 1.97 bits per heavy atom. The highest BCUT2D eigenvalue weighted by Gasteiger charge is 2.48. The predicted octanol–water partition coefficient (Wildman–Crippen LogP) is 3.10. The van der Waals surface area contributed by atoms with Gasteiger partial charge in [-0.3, -0.25) is 0 Å². The van der Waals surface area contributed by atoms with Crippen LogP contribution in [0.5, 0.6) is 0 Å². The van der Waals surface area contributed by atoms with E-state index in [0.717, 1.165) is 61.6 Å². The summed E-state index contributed by atoms with van der Waals surface area (Å²) >= 11 is -0.861. The van der Waals surface area contributed by atoms with Gasteiger partial charge in [-0.25, -0.2) is 13.5 Å². The highest BCUT2D eigenvalue weighted by Crippen LogP contribution is 2.42. The van der Waals surface area contributed by atoms with Crippen LogP contribution in [-0.4, -0.2) is 56.4 Å². The minimum Gasteiger partial charge on any atom is -0.593 e. The number of nitrogens with zero attached hydrogens (tertiary/aromatic N) is 6. The molecule has 3 aromatic rings. The number of nitrogens with one attached hydrogen (secondary N) is 1. The van der Waals surface area contributed by atoms with Gasteiger partial charge in [-0.1, -0.05) is 11.3 Å². The topological polar surface area (TPSA) is 115 Å². The van der Waals surface area contributed by atoms with Gasteiger partial charge in [0.2, 0.25) is 5.13 Å². The van der Waals surface area contributed by atoms with E-state index in [2.05, 4.69) is 31.0 Å². The molecule has 0 bridgehead atoms. The minimum absolute atomic E-state index is 0.215. The third-order valence-corrected chi connectivity index (χ3v) is 9.03. The highest BCUT2D eigenvalue weighted by atomic mass is 32.2. The molecule has 1 aliphatic carbocycles. The molecule has 0 amide bonds.